The van der Waals surface area contributed by atoms with Gasteiger partial charge in [0.1, 0.15) is 17.6 Å². The molecular formula is C22H27FN2O3. The Balaban J connectivity index is 2.18. The van der Waals surface area contributed by atoms with E-state index < -0.39 is 6.04 Å². The fraction of sp³-hybridized carbons (Fsp3) is 0.364. The minimum absolute atomic E-state index is 0.183. The van der Waals surface area contributed by atoms with Gasteiger partial charge in [-0.2, -0.15) is 0 Å². The molecular weight excluding hydrogens is 359 g/mol. The molecule has 0 aliphatic rings. The molecule has 0 bridgehead atoms. The summed E-state index contributed by atoms with van der Waals surface area (Å²) >= 11 is 0. The summed E-state index contributed by atoms with van der Waals surface area (Å²) < 4.78 is 18.9. The van der Waals surface area contributed by atoms with E-state index in [4.69, 9.17) is 4.74 Å². The number of carbonyl (C=O) groups is 2. The molecule has 0 aliphatic heterocycles. The number of hydrogen-bond acceptors (Lipinski definition) is 3. The average molecular weight is 386 g/mol. The van der Waals surface area contributed by atoms with Gasteiger partial charge in [0.05, 0.1) is 0 Å². The third-order valence-electron chi connectivity index (χ3n) is 4.74. The van der Waals surface area contributed by atoms with E-state index in [1.165, 1.54) is 24.1 Å². The Morgan fingerprint density at radius 3 is 2.36 bits per heavy atom. The maximum Gasteiger partial charge on any atom is 0.261 e. The van der Waals surface area contributed by atoms with Crippen molar-refractivity contribution in [1.29, 1.82) is 0 Å². The lowest BCUT2D eigenvalue weighted by Gasteiger charge is -2.30. The molecule has 0 fully saturated rings. The second kappa shape index (κ2) is 9.88. The number of likely N-dealkylation sites (N-methyl/N-ethyl adjacent to an activating group) is 1. The summed E-state index contributed by atoms with van der Waals surface area (Å²) in [6, 6.07) is 10.9. The highest BCUT2D eigenvalue weighted by molar-refractivity contribution is 5.88. The van der Waals surface area contributed by atoms with Crippen molar-refractivity contribution in [2.45, 2.75) is 39.8 Å². The molecule has 0 radical (unpaired) electrons. The molecule has 0 aromatic heterocycles. The Morgan fingerprint density at radius 2 is 1.79 bits per heavy atom. The molecule has 0 saturated carbocycles. The molecule has 0 heterocycles. The first-order valence-electron chi connectivity index (χ1n) is 9.31. The van der Waals surface area contributed by atoms with Gasteiger partial charge in [-0.05, 0) is 61.2 Å². The van der Waals surface area contributed by atoms with Crippen molar-refractivity contribution in [3.63, 3.8) is 0 Å². The third-order valence-corrected chi connectivity index (χ3v) is 4.74. The standard InChI is InChI=1S/C22H27FN2O3/c1-5-20(22(27)24-4)25(13-17-7-9-18(23)10-8-17)21(26)14-28-19-11-6-15(2)16(3)12-19/h6-12,20H,5,13-14H2,1-4H3,(H,24,27). The number of carbonyl (C=O) groups excluding carboxylic acids is 2. The second-order valence-electron chi connectivity index (χ2n) is 6.72. The van der Waals surface area contributed by atoms with Crippen molar-refractivity contribution in [2.75, 3.05) is 13.7 Å². The van der Waals surface area contributed by atoms with E-state index in [1.807, 2.05) is 39.0 Å². The van der Waals surface area contributed by atoms with Gasteiger partial charge < -0.3 is 15.0 Å². The van der Waals surface area contributed by atoms with Gasteiger partial charge in [-0.1, -0.05) is 25.1 Å². The van der Waals surface area contributed by atoms with Crippen LogP contribution in [0.15, 0.2) is 42.5 Å². The van der Waals surface area contributed by atoms with E-state index in [0.29, 0.717) is 12.2 Å². The predicted octanol–water partition coefficient (Wildman–Crippen LogP) is 3.37. The second-order valence-corrected chi connectivity index (χ2v) is 6.72. The first-order chi connectivity index (χ1) is 13.3. The zero-order valence-corrected chi connectivity index (χ0v) is 16.8. The van der Waals surface area contributed by atoms with Crippen molar-refractivity contribution < 1.29 is 18.7 Å². The summed E-state index contributed by atoms with van der Waals surface area (Å²) in [7, 11) is 1.54. The van der Waals surface area contributed by atoms with Crippen LogP contribution in [0, 0.1) is 19.7 Å². The van der Waals surface area contributed by atoms with Crippen LogP contribution in [-0.2, 0) is 16.1 Å². The van der Waals surface area contributed by atoms with Crippen molar-refractivity contribution >= 4 is 11.8 Å². The molecule has 1 unspecified atom stereocenters. The van der Waals surface area contributed by atoms with Crippen molar-refractivity contribution in [3.05, 3.63) is 65.0 Å². The molecule has 2 aromatic carbocycles. The number of rotatable bonds is 8. The number of hydrogen-bond donors (Lipinski definition) is 1. The minimum Gasteiger partial charge on any atom is -0.484 e. The van der Waals surface area contributed by atoms with Crippen LogP contribution in [-0.4, -0.2) is 36.4 Å². The van der Waals surface area contributed by atoms with Gasteiger partial charge in [0.15, 0.2) is 6.61 Å². The smallest absolute Gasteiger partial charge is 0.261 e. The van der Waals surface area contributed by atoms with Crippen LogP contribution in [0.1, 0.15) is 30.0 Å². The van der Waals surface area contributed by atoms with E-state index >= 15 is 0 Å². The first-order valence-corrected chi connectivity index (χ1v) is 9.31. The molecule has 1 atom stereocenters. The molecule has 150 valence electrons. The lowest BCUT2D eigenvalue weighted by atomic mass is 10.1. The molecule has 0 aliphatic carbocycles. The van der Waals surface area contributed by atoms with Crippen LogP contribution in [0.4, 0.5) is 4.39 Å². The van der Waals surface area contributed by atoms with Gasteiger partial charge in [0, 0.05) is 13.6 Å². The maximum atomic E-state index is 13.2. The average Bonchev–Trinajstić information content (AvgIpc) is 2.69. The van der Waals surface area contributed by atoms with Gasteiger partial charge in [-0.15, -0.1) is 0 Å². The quantitative estimate of drug-likeness (QED) is 0.757. The Morgan fingerprint density at radius 1 is 1.11 bits per heavy atom. The lowest BCUT2D eigenvalue weighted by Crippen LogP contribution is -2.49. The lowest BCUT2D eigenvalue weighted by molar-refractivity contribution is -0.142. The van der Waals surface area contributed by atoms with Crippen LogP contribution >= 0.6 is 0 Å². The number of nitrogens with zero attached hydrogens (tertiary/aromatic N) is 1. The van der Waals surface area contributed by atoms with Crippen molar-refractivity contribution in [2.24, 2.45) is 0 Å². The molecule has 28 heavy (non-hydrogen) atoms. The van der Waals surface area contributed by atoms with Crippen molar-refractivity contribution in [1.82, 2.24) is 10.2 Å². The summed E-state index contributed by atoms with van der Waals surface area (Å²) in [5, 5.41) is 2.60. The van der Waals surface area contributed by atoms with Gasteiger partial charge in [-0.25, -0.2) is 4.39 Å². The predicted molar refractivity (Wildman–Crippen MR) is 107 cm³/mol. The summed E-state index contributed by atoms with van der Waals surface area (Å²) in [4.78, 5) is 26.7. The van der Waals surface area contributed by atoms with Gasteiger partial charge in [0.2, 0.25) is 5.91 Å². The van der Waals surface area contributed by atoms with Crippen LogP contribution in [0.2, 0.25) is 0 Å². The van der Waals surface area contributed by atoms with Crippen LogP contribution in [0.5, 0.6) is 5.75 Å². The highest BCUT2D eigenvalue weighted by atomic mass is 19.1. The van der Waals surface area contributed by atoms with Crippen molar-refractivity contribution in [3.8, 4) is 5.75 Å². The fourth-order valence-corrected chi connectivity index (χ4v) is 2.90. The fourth-order valence-electron chi connectivity index (χ4n) is 2.90. The molecule has 2 rings (SSSR count). The minimum atomic E-state index is -0.633. The number of amides is 2. The van der Waals surface area contributed by atoms with E-state index in [-0.39, 0.29) is 30.8 Å². The monoisotopic (exact) mass is 386 g/mol. The largest absolute Gasteiger partial charge is 0.484 e. The van der Waals surface area contributed by atoms with E-state index in [1.54, 1.807) is 12.1 Å². The third kappa shape index (κ3) is 5.55. The summed E-state index contributed by atoms with van der Waals surface area (Å²) in [6.07, 6.45) is 0.455. The topological polar surface area (TPSA) is 58.6 Å². The molecule has 1 N–H and O–H groups in total. The highest BCUT2D eigenvalue weighted by Gasteiger charge is 2.28. The molecule has 2 aromatic rings. The Bertz CT molecular complexity index is 821. The number of benzene rings is 2. The normalized spacial score (nSPS) is 11.6. The SMILES string of the molecule is CCC(C(=O)NC)N(Cc1ccc(F)cc1)C(=O)COc1ccc(C)c(C)c1. The van der Waals surface area contributed by atoms with E-state index in [0.717, 1.165) is 16.7 Å². The number of nitrogens with one attached hydrogen (secondary N) is 1. The number of halogens is 1. The van der Waals surface area contributed by atoms with Crippen LogP contribution in [0.3, 0.4) is 0 Å². The Kier molecular flexibility index (Phi) is 7.55. The number of ether oxygens (including phenoxy) is 1. The molecule has 2 amide bonds. The molecule has 0 spiro atoms. The van der Waals surface area contributed by atoms with Crippen LogP contribution in [0.25, 0.3) is 0 Å². The van der Waals surface area contributed by atoms with Gasteiger partial charge in [-0.3, -0.25) is 9.59 Å². The zero-order chi connectivity index (χ0) is 20.7. The van der Waals surface area contributed by atoms with Crippen LogP contribution < -0.4 is 10.1 Å². The summed E-state index contributed by atoms with van der Waals surface area (Å²) in [5.74, 6) is -0.300. The number of aryl methyl sites for hydroxylation is 2. The summed E-state index contributed by atoms with van der Waals surface area (Å²) in [6.45, 7) is 5.83. The summed E-state index contributed by atoms with van der Waals surface area (Å²) in [5.41, 5.74) is 2.95. The Hall–Kier alpha value is -2.89. The highest BCUT2D eigenvalue weighted by Crippen LogP contribution is 2.18. The van der Waals surface area contributed by atoms with E-state index in [2.05, 4.69) is 5.32 Å². The Labute approximate surface area is 165 Å². The van der Waals surface area contributed by atoms with E-state index in [9.17, 15) is 14.0 Å². The van der Waals surface area contributed by atoms with Gasteiger partial charge in [0.25, 0.3) is 5.91 Å². The van der Waals surface area contributed by atoms with Gasteiger partial charge >= 0.3 is 0 Å². The molecule has 0 saturated heterocycles. The molecule has 6 heteroatoms. The molecule has 5 nitrogen and oxygen atoms in total. The maximum absolute atomic E-state index is 13.2. The first kappa shape index (κ1) is 21.4. The zero-order valence-electron chi connectivity index (χ0n) is 16.8.